The Kier molecular flexibility index (Phi) is 2.59. The van der Waals surface area contributed by atoms with Gasteiger partial charge in [-0.3, -0.25) is 9.59 Å². The molecule has 0 bridgehead atoms. The highest BCUT2D eigenvalue weighted by atomic mass is 16.4. The van der Waals surface area contributed by atoms with E-state index in [0.717, 1.165) is 4.90 Å². The molecular formula is C9H13NO4. The summed E-state index contributed by atoms with van der Waals surface area (Å²) in [4.78, 5) is 34.7. The summed E-state index contributed by atoms with van der Waals surface area (Å²) in [5.41, 5.74) is -1.61. The maximum absolute atomic E-state index is 11.3. The van der Waals surface area contributed by atoms with Gasteiger partial charge < -0.3 is 10.0 Å². The topological polar surface area (TPSA) is 74.7 Å². The molecule has 5 heteroatoms. The average molecular weight is 199 g/mol. The van der Waals surface area contributed by atoms with Crippen molar-refractivity contribution in [1.82, 2.24) is 4.90 Å². The Hall–Kier alpha value is -1.39. The average Bonchev–Trinajstić information content (AvgIpc) is 2.47. The van der Waals surface area contributed by atoms with Gasteiger partial charge in [0, 0.05) is 13.5 Å². The number of carbonyl (C=O) groups excluding carboxylic acids is 2. The Morgan fingerprint density at radius 1 is 1.29 bits per heavy atom. The Bertz CT molecular complexity index is 283. The zero-order valence-corrected chi connectivity index (χ0v) is 8.24. The first-order valence-electron chi connectivity index (χ1n) is 4.45. The van der Waals surface area contributed by atoms with Crippen LogP contribution in [-0.4, -0.2) is 39.7 Å². The first-order chi connectivity index (χ1) is 6.43. The number of carboxylic acid groups (broad SMARTS) is 1. The van der Waals surface area contributed by atoms with E-state index in [0.29, 0.717) is 13.0 Å². The van der Waals surface area contributed by atoms with E-state index < -0.39 is 17.3 Å². The number of likely N-dealkylation sites (tertiary alicyclic amines) is 1. The minimum absolute atomic E-state index is 0.219. The Balaban J connectivity index is 3.14. The standard InChI is InChI=1S/C9H13NO4/c1-6(11)9(8(13)14)4-3-5-10(9)7(2)12/h3-5H2,1-2H3,(H,13,14). The van der Waals surface area contributed by atoms with Crippen LogP contribution in [0.25, 0.3) is 0 Å². The second-order valence-electron chi connectivity index (χ2n) is 3.50. The number of hydrogen-bond acceptors (Lipinski definition) is 3. The molecule has 1 saturated heterocycles. The first-order valence-corrected chi connectivity index (χ1v) is 4.45. The van der Waals surface area contributed by atoms with Gasteiger partial charge in [-0.1, -0.05) is 0 Å². The van der Waals surface area contributed by atoms with Crippen molar-refractivity contribution >= 4 is 17.7 Å². The number of carbonyl (C=O) groups is 3. The Morgan fingerprint density at radius 2 is 1.86 bits per heavy atom. The van der Waals surface area contributed by atoms with Gasteiger partial charge in [0.05, 0.1) is 0 Å². The van der Waals surface area contributed by atoms with E-state index in [4.69, 9.17) is 5.11 Å². The molecule has 5 nitrogen and oxygen atoms in total. The van der Waals surface area contributed by atoms with Crippen LogP contribution in [-0.2, 0) is 14.4 Å². The van der Waals surface area contributed by atoms with Crippen LogP contribution in [0.2, 0.25) is 0 Å². The second-order valence-corrected chi connectivity index (χ2v) is 3.50. The number of amides is 1. The quantitative estimate of drug-likeness (QED) is 0.637. The highest BCUT2D eigenvalue weighted by Gasteiger charge is 2.53. The summed E-state index contributed by atoms with van der Waals surface area (Å²) < 4.78 is 0. The molecule has 0 aliphatic carbocycles. The lowest BCUT2D eigenvalue weighted by atomic mass is 9.91. The van der Waals surface area contributed by atoms with E-state index in [2.05, 4.69) is 0 Å². The van der Waals surface area contributed by atoms with Crippen molar-refractivity contribution in [2.75, 3.05) is 6.54 Å². The molecule has 1 unspecified atom stereocenters. The molecule has 0 spiro atoms. The molecule has 0 aromatic heterocycles. The van der Waals surface area contributed by atoms with Gasteiger partial charge in [0.1, 0.15) is 0 Å². The van der Waals surface area contributed by atoms with Gasteiger partial charge in [-0.25, -0.2) is 4.79 Å². The molecule has 0 radical (unpaired) electrons. The van der Waals surface area contributed by atoms with Crippen LogP contribution < -0.4 is 0 Å². The number of hydrogen-bond donors (Lipinski definition) is 1. The van der Waals surface area contributed by atoms with Crippen molar-refractivity contribution in [3.63, 3.8) is 0 Å². The molecule has 1 amide bonds. The molecule has 1 aliphatic heterocycles. The van der Waals surface area contributed by atoms with Gasteiger partial charge in [-0.2, -0.15) is 0 Å². The predicted octanol–water partition coefficient (Wildman–Crippen LogP) is 0.0411. The van der Waals surface area contributed by atoms with Crippen LogP contribution in [0.1, 0.15) is 26.7 Å². The largest absolute Gasteiger partial charge is 0.479 e. The third-order valence-electron chi connectivity index (χ3n) is 2.70. The fraction of sp³-hybridized carbons (Fsp3) is 0.667. The molecule has 1 fully saturated rings. The summed E-state index contributed by atoms with van der Waals surface area (Å²) in [5, 5.41) is 9.04. The predicted molar refractivity (Wildman–Crippen MR) is 47.7 cm³/mol. The van der Waals surface area contributed by atoms with Crippen molar-refractivity contribution in [2.24, 2.45) is 0 Å². The smallest absolute Gasteiger partial charge is 0.337 e. The van der Waals surface area contributed by atoms with Gasteiger partial charge in [0.25, 0.3) is 0 Å². The molecule has 1 aliphatic rings. The second kappa shape index (κ2) is 3.40. The lowest BCUT2D eigenvalue weighted by molar-refractivity contribution is -0.160. The first kappa shape index (κ1) is 10.7. The van der Waals surface area contributed by atoms with E-state index in [1.54, 1.807) is 0 Å². The number of rotatable bonds is 2. The number of nitrogens with zero attached hydrogens (tertiary/aromatic N) is 1. The van der Waals surface area contributed by atoms with E-state index in [-0.39, 0.29) is 12.3 Å². The summed E-state index contributed by atoms with van der Waals surface area (Å²) in [6, 6.07) is 0. The maximum Gasteiger partial charge on any atom is 0.337 e. The molecule has 78 valence electrons. The lowest BCUT2D eigenvalue weighted by Crippen LogP contribution is -2.57. The zero-order valence-electron chi connectivity index (χ0n) is 8.24. The molecule has 1 rings (SSSR count). The monoisotopic (exact) mass is 199 g/mol. The van der Waals surface area contributed by atoms with Crippen molar-refractivity contribution in [3.8, 4) is 0 Å². The summed E-state index contributed by atoms with van der Waals surface area (Å²) >= 11 is 0. The molecule has 1 heterocycles. The number of aliphatic carboxylic acids is 1. The molecule has 0 aromatic carbocycles. The normalized spacial score (nSPS) is 26.3. The molecule has 0 saturated carbocycles. The fourth-order valence-corrected chi connectivity index (χ4v) is 1.98. The van der Waals surface area contributed by atoms with Crippen LogP contribution in [0.4, 0.5) is 0 Å². The molecule has 1 N–H and O–H groups in total. The Labute approximate surface area is 81.7 Å². The van der Waals surface area contributed by atoms with Gasteiger partial charge >= 0.3 is 5.97 Å². The van der Waals surface area contributed by atoms with Crippen molar-refractivity contribution in [2.45, 2.75) is 32.2 Å². The molecule has 1 atom stereocenters. The van der Waals surface area contributed by atoms with E-state index in [1.165, 1.54) is 13.8 Å². The van der Waals surface area contributed by atoms with E-state index in [1.807, 2.05) is 0 Å². The van der Waals surface area contributed by atoms with E-state index in [9.17, 15) is 14.4 Å². The third kappa shape index (κ3) is 1.29. The van der Waals surface area contributed by atoms with Gasteiger partial charge in [-0.05, 0) is 19.8 Å². The maximum atomic E-state index is 11.3. The van der Waals surface area contributed by atoms with Crippen molar-refractivity contribution < 1.29 is 19.5 Å². The van der Waals surface area contributed by atoms with Crippen LogP contribution >= 0.6 is 0 Å². The summed E-state index contributed by atoms with van der Waals surface area (Å²) in [6.07, 6.45) is 0.780. The third-order valence-corrected chi connectivity index (χ3v) is 2.70. The van der Waals surface area contributed by atoms with Crippen molar-refractivity contribution in [3.05, 3.63) is 0 Å². The summed E-state index contributed by atoms with van der Waals surface area (Å²) in [7, 11) is 0. The van der Waals surface area contributed by atoms with Crippen molar-refractivity contribution in [1.29, 1.82) is 0 Å². The highest BCUT2D eigenvalue weighted by Crippen LogP contribution is 2.30. The van der Waals surface area contributed by atoms with Gasteiger partial charge in [-0.15, -0.1) is 0 Å². The minimum atomic E-state index is -1.61. The van der Waals surface area contributed by atoms with Crippen LogP contribution in [0.5, 0.6) is 0 Å². The van der Waals surface area contributed by atoms with Crippen LogP contribution in [0.15, 0.2) is 0 Å². The Morgan fingerprint density at radius 3 is 2.14 bits per heavy atom. The van der Waals surface area contributed by atoms with E-state index >= 15 is 0 Å². The lowest BCUT2D eigenvalue weighted by Gasteiger charge is -2.31. The number of carboxylic acids is 1. The minimum Gasteiger partial charge on any atom is -0.479 e. The summed E-state index contributed by atoms with van der Waals surface area (Å²) in [6.45, 7) is 2.85. The summed E-state index contributed by atoms with van der Waals surface area (Å²) in [5.74, 6) is -2.06. The molecule has 14 heavy (non-hydrogen) atoms. The van der Waals surface area contributed by atoms with Crippen LogP contribution in [0.3, 0.4) is 0 Å². The zero-order chi connectivity index (χ0) is 10.9. The molecular weight excluding hydrogens is 186 g/mol. The van der Waals surface area contributed by atoms with Gasteiger partial charge in [0.2, 0.25) is 5.91 Å². The van der Waals surface area contributed by atoms with Crippen LogP contribution in [0, 0.1) is 0 Å². The number of Topliss-reactive ketones (excluding diaryl/α,β-unsaturated/α-hetero) is 1. The number of ketones is 1. The SMILES string of the molecule is CC(=O)N1CCCC1(C(C)=O)C(=O)O. The fourth-order valence-electron chi connectivity index (χ4n) is 1.98. The molecule has 0 aromatic rings. The van der Waals surface area contributed by atoms with Gasteiger partial charge in [0.15, 0.2) is 11.3 Å². The highest BCUT2D eigenvalue weighted by molar-refractivity contribution is 6.09.